The monoisotopic (exact) mass is 498 g/mol. The molecule has 0 bridgehead atoms. The number of aryl methyl sites for hydroxylation is 2. The maximum absolute atomic E-state index is 13.2. The molecule has 1 aliphatic rings. The lowest BCUT2D eigenvalue weighted by atomic mass is 9.87. The van der Waals surface area contributed by atoms with Gasteiger partial charge < -0.3 is 24.6 Å². The Morgan fingerprint density at radius 3 is 2.54 bits per heavy atom. The molecule has 1 amide bonds. The summed E-state index contributed by atoms with van der Waals surface area (Å²) in [5.41, 5.74) is 5.61. The first-order chi connectivity index (χ1) is 16.6. The van der Waals surface area contributed by atoms with Crippen molar-refractivity contribution in [3.05, 3.63) is 58.9 Å². The molecule has 0 saturated carbocycles. The van der Waals surface area contributed by atoms with E-state index >= 15 is 0 Å². The van der Waals surface area contributed by atoms with E-state index in [1.54, 1.807) is 19.0 Å². The van der Waals surface area contributed by atoms with Gasteiger partial charge in [-0.25, -0.2) is 9.78 Å². The number of fused-ring (bicyclic) bond motifs is 3. The largest absolute Gasteiger partial charge is 0.473 e. The van der Waals surface area contributed by atoms with Crippen LogP contribution in [0.1, 0.15) is 65.6 Å². The highest BCUT2D eigenvalue weighted by Gasteiger charge is 2.35. The summed E-state index contributed by atoms with van der Waals surface area (Å²) in [5, 5.41) is 9.87. The van der Waals surface area contributed by atoms with Crippen LogP contribution in [0.3, 0.4) is 0 Å². The van der Waals surface area contributed by atoms with E-state index in [4.69, 9.17) is 19.6 Å². The third-order valence-corrected chi connectivity index (χ3v) is 6.19. The highest BCUT2D eigenvalue weighted by molar-refractivity contribution is 7.96. The van der Waals surface area contributed by atoms with Crippen molar-refractivity contribution < 1.29 is 19.4 Å². The van der Waals surface area contributed by atoms with Gasteiger partial charge in [-0.05, 0) is 25.0 Å². The Kier molecular flexibility index (Phi) is 8.80. The molecule has 0 saturated heterocycles. The van der Waals surface area contributed by atoms with Gasteiger partial charge in [0.05, 0.1) is 23.3 Å². The highest BCUT2D eigenvalue weighted by atomic mass is 32.1. The molecular weight excluding hydrogens is 464 g/mol. The van der Waals surface area contributed by atoms with Gasteiger partial charge in [-0.15, -0.1) is 0 Å². The molecule has 188 valence electrons. The maximum Gasteiger partial charge on any atom is 0.361 e. The van der Waals surface area contributed by atoms with Crippen LogP contribution in [0.4, 0.5) is 10.5 Å². The zero-order valence-corrected chi connectivity index (χ0v) is 21.8. The van der Waals surface area contributed by atoms with Crippen molar-refractivity contribution in [2.75, 3.05) is 26.0 Å². The fourth-order valence-electron chi connectivity index (χ4n) is 4.34. The van der Waals surface area contributed by atoms with Crippen LogP contribution in [0.5, 0.6) is 0 Å². The van der Waals surface area contributed by atoms with Crippen LogP contribution in [0.15, 0.2) is 36.4 Å². The van der Waals surface area contributed by atoms with Crippen LogP contribution in [0, 0.1) is 6.92 Å². The number of rotatable bonds is 6. The molecule has 1 aliphatic heterocycles. The van der Waals surface area contributed by atoms with Gasteiger partial charge in [-0.2, -0.15) is 0 Å². The molecule has 0 aliphatic carbocycles. The van der Waals surface area contributed by atoms with Gasteiger partial charge >= 0.3 is 5.30 Å². The summed E-state index contributed by atoms with van der Waals surface area (Å²) >= 11 is 2.88. The second-order valence-electron chi connectivity index (χ2n) is 8.84. The lowest BCUT2D eigenvalue weighted by Crippen LogP contribution is -2.29. The normalized spacial score (nSPS) is 16.6. The molecule has 0 unspecified atom stereocenters. The van der Waals surface area contributed by atoms with Crippen molar-refractivity contribution in [1.82, 2.24) is 14.5 Å². The van der Waals surface area contributed by atoms with Gasteiger partial charge in [0.2, 0.25) is 0 Å². The smallest absolute Gasteiger partial charge is 0.361 e. The van der Waals surface area contributed by atoms with E-state index in [1.165, 1.54) is 5.56 Å². The summed E-state index contributed by atoms with van der Waals surface area (Å²) in [6.07, 6.45) is 2.67. The van der Waals surface area contributed by atoms with Gasteiger partial charge in [0.1, 0.15) is 11.3 Å². The summed E-state index contributed by atoms with van der Waals surface area (Å²) in [4.78, 5) is 28.6. The maximum atomic E-state index is 13.2. The van der Waals surface area contributed by atoms with Crippen LogP contribution < -0.4 is 5.32 Å². The lowest BCUT2D eigenvalue weighted by Gasteiger charge is -2.35. The molecule has 3 aromatic rings. The van der Waals surface area contributed by atoms with Gasteiger partial charge in [-0.3, -0.25) is 4.79 Å². The van der Waals surface area contributed by atoms with Crippen molar-refractivity contribution >= 4 is 40.6 Å². The molecule has 0 fully saturated rings. The molecule has 8 nitrogen and oxygen atoms in total. The van der Waals surface area contributed by atoms with Crippen LogP contribution in [0.2, 0.25) is 0 Å². The van der Waals surface area contributed by atoms with Gasteiger partial charge in [0.25, 0.3) is 5.91 Å². The quantitative estimate of drug-likeness (QED) is 0.303. The number of aromatic nitrogens is 2. The number of anilines is 1. The van der Waals surface area contributed by atoms with Crippen LogP contribution >= 0.6 is 12.6 Å². The van der Waals surface area contributed by atoms with Crippen LogP contribution in [-0.4, -0.2) is 51.5 Å². The molecule has 2 atom stereocenters. The van der Waals surface area contributed by atoms with Gasteiger partial charge in [0, 0.05) is 45.3 Å². The first kappa shape index (κ1) is 26.6. The van der Waals surface area contributed by atoms with Gasteiger partial charge in [-0.1, -0.05) is 56.3 Å². The number of nitrogens with one attached hydrogen (secondary N) is 1. The fourth-order valence-corrected chi connectivity index (χ4v) is 4.34. The van der Waals surface area contributed by atoms with E-state index in [9.17, 15) is 4.79 Å². The fraction of sp³-hybridized carbons (Fsp3) is 0.423. The Balaban J connectivity index is 0.000000795. The Morgan fingerprint density at radius 2 is 1.94 bits per heavy atom. The molecule has 1 aromatic heterocycles. The number of carbonyl (C=O) groups is 2. The number of carbonyl (C=O) groups excluding carboxylic acids is 1. The Labute approximate surface area is 211 Å². The van der Waals surface area contributed by atoms with E-state index < -0.39 is 5.30 Å². The first-order valence-corrected chi connectivity index (χ1v) is 12.2. The minimum absolute atomic E-state index is 0.0129. The van der Waals surface area contributed by atoms with Crippen molar-refractivity contribution in [3.63, 3.8) is 0 Å². The second-order valence-corrected chi connectivity index (χ2v) is 9.22. The van der Waals surface area contributed by atoms with Crippen molar-refractivity contribution in [3.8, 4) is 0 Å². The summed E-state index contributed by atoms with van der Waals surface area (Å²) in [6, 6.07) is 12.5. The number of hydrogen-bond acceptors (Lipinski definition) is 5. The molecule has 0 spiro atoms. The molecule has 2 aromatic carbocycles. The topological polar surface area (TPSA) is 96.7 Å². The number of ether oxygens (including phenoxy) is 1. The molecule has 0 radical (unpaired) electrons. The number of imidazole rings is 1. The van der Waals surface area contributed by atoms with Crippen LogP contribution in [0.25, 0.3) is 11.0 Å². The number of unbranched alkanes of at least 4 members (excludes halogenated alkanes) is 1. The van der Waals surface area contributed by atoms with Gasteiger partial charge in [0.15, 0.2) is 0 Å². The predicted molar refractivity (Wildman–Crippen MR) is 142 cm³/mol. The Morgan fingerprint density at radius 1 is 1.29 bits per heavy atom. The van der Waals surface area contributed by atoms with E-state index in [0.29, 0.717) is 12.2 Å². The third-order valence-electron chi connectivity index (χ3n) is 6.19. The summed E-state index contributed by atoms with van der Waals surface area (Å²) in [5.74, 6) is 0.903. The number of carboxylic acid groups (broad SMARTS) is 1. The summed E-state index contributed by atoms with van der Waals surface area (Å²) in [7, 11) is 5.58. The van der Waals surface area contributed by atoms with Crippen molar-refractivity contribution in [2.45, 2.75) is 45.3 Å². The Bertz CT molecular complexity index is 1190. The first-order valence-electron chi connectivity index (χ1n) is 11.7. The molecule has 2 heterocycles. The average Bonchev–Trinajstić information content (AvgIpc) is 3.12. The standard InChI is InChI=1S/C25H32N4O2.CH2O2S/c1-6-7-13-31-21-15-19(17-11-9-8-10-12-17)27-24-22(21)18(25(30)28(3)4)14-20-23(24)26-16(2)29(20)5;2-1(3)4/h8-12,14,19,21,27H,6-7,13,15H2,1-5H3;4H,(H,2,3)/t19-,21+;/m0./s1. The average molecular weight is 499 g/mol. The number of hydrogen-bond donors (Lipinski definition) is 3. The molecule has 4 rings (SSSR count). The van der Waals surface area contributed by atoms with Crippen LogP contribution in [-0.2, 0) is 11.8 Å². The Hall–Kier alpha value is -3.04. The number of nitrogens with zero attached hydrogens (tertiary/aromatic N) is 3. The highest BCUT2D eigenvalue weighted by Crippen LogP contribution is 2.46. The zero-order valence-electron chi connectivity index (χ0n) is 20.9. The van der Waals surface area contributed by atoms with E-state index in [1.807, 2.05) is 30.7 Å². The predicted octanol–water partition coefficient (Wildman–Crippen LogP) is 5.59. The number of amides is 1. The molecule has 35 heavy (non-hydrogen) atoms. The van der Waals surface area contributed by atoms with Crippen molar-refractivity contribution in [2.24, 2.45) is 7.05 Å². The minimum Gasteiger partial charge on any atom is -0.473 e. The number of benzene rings is 2. The second kappa shape index (κ2) is 11.6. The third kappa shape index (κ3) is 5.97. The molecular formula is C26H34N4O4S. The van der Waals surface area contributed by atoms with E-state index in [0.717, 1.165) is 47.4 Å². The molecule has 9 heteroatoms. The summed E-state index contributed by atoms with van der Waals surface area (Å²) < 4.78 is 8.46. The zero-order chi connectivity index (χ0) is 25.7. The van der Waals surface area contributed by atoms with E-state index in [2.05, 4.69) is 49.1 Å². The summed E-state index contributed by atoms with van der Waals surface area (Å²) in [6.45, 7) is 4.83. The lowest BCUT2D eigenvalue weighted by molar-refractivity contribution is 0.0377. The van der Waals surface area contributed by atoms with Crippen molar-refractivity contribution in [1.29, 1.82) is 0 Å². The molecule has 2 N–H and O–H groups in total. The SMILES string of the molecule is CCCCO[C@@H]1C[C@@H](c2ccccc2)Nc2c1c(C(=O)N(C)C)cc1c2nc(C)n1C.O=C(O)S. The van der Waals surface area contributed by atoms with E-state index in [-0.39, 0.29) is 18.1 Å². The minimum atomic E-state index is -1.14. The number of thiol groups is 1.